The Kier molecular flexibility index (Phi) is 2.26. The van der Waals surface area contributed by atoms with E-state index in [1.54, 1.807) is 0 Å². The molecule has 0 aliphatic heterocycles. The molecule has 2 rings (SSSR count). The van der Waals surface area contributed by atoms with Crippen LogP contribution in [0.5, 0.6) is 0 Å². The number of rotatable bonds is 2. The van der Waals surface area contributed by atoms with Crippen LogP contribution in [0.2, 0.25) is 0 Å². The van der Waals surface area contributed by atoms with E-state index in [0.717, 1.165) is 17.8 Å². The molecule has 4 nitrogen and oxygen atoms in total. The number of carboxylic acid groups (broad SMARTS) is 1. The SMILES string of the molecule is O=C(O)c1nnc(C2CCCC2)s1. The molecule has 1 aliphatic carbocycles. The van der Waals surface area contributed by atoms with Gasteiger partial charge in [-0.05, 0) is 12.8 Å². The number of nitrogens with zero attached hydrogens (tertiary/aromatic N) is 2. The number of aromatic nitrogens is 2. The Hall–Kier alpha value is -0.970. The number of hydrogen-bond acceptors (Lipinski definition) is 4. The minimum atomic E-state index is -0.971. The summed E-state index contributed by atoms with van der Waals surface area (Å²) in [5.41, 5.74) is 0. The molecular formula is C8H10N2O2S. The Morgan fingerprint density at radius 3 is 2.62 bits per heavy atom. The summed E-state index contributed by atoms with van der Waals surface area (Å²) in [7, 11) is 0. The molecule has 13 heavy (non-hydrogen) atoms. The smallest absolute Gasteiger partial charge is 0.367 e. The van der Waals surface area contributed by atoms with Gasteiger partial charge >= 0.3 is 5.97 Å². The van der Waals surface area contributed by atoms with Crippen molar-refractivity contribution in [3.8, 4) is 0 Å². The van der Waals surface area contributed by atoms with E-state index in [1.807, 2.05) is 0 Å². The summed E-state index contributed by atoms with van der Waals surface area (Å²) in [5, 5.41) is 17.2. The molecule has 1 aromatic rings. The maximum absolute atomic E-state index is 10.5. The highest BCUT2D eigenvalue weighted by molar-refractivity contribution is 7.13. The number of carbonyl (C=O) groups is 1. The van der Waals surface area contributed by atoms with Gasteiger partial charge in [0, 0.05) is 5.92 Å². The Labute approximate surface area is 79.6 Å². The largest absolute Gasteiger partial charge is 0.476 e. The number of hydrogen-bond donors (Lipinski definition) is 1. The summed E-state index contributed by atoms with van der Waals surface area (Å²) in [6.07, 6.45) is 4.72. The summed E-state index contributed by atoms with van der Waals surface area (Å²) in [4.78, 5) is 10.5. The van der Waals surface area contributed by atoms with Gasteiger partial charge in [-0.15, -0.1) is 10.2 Å². The first-order valence-corrected chi connectivity index (χ1v) is 5.15. The van der Waals surface area contributed by atoms with Crippen molar-refractivity contribution in [2.45, 2.75) is 31.6 Å². The van der Waals surface area contributed by atoms with Gasteiger partial charge in [0.25, 0.3) is 0 Å². The molecule has 0 bridgehead atoms. The van der Waals surface area contributed by atoms with Crippen LogP contribution in [0.4, 0.5) is 0 Å². The summed E-state index contributed by atoms with van der Waals surface area (Å²) >= 11 is 1.22. The van der Waals surface area contributed by atoms with E-state index in [4.69, 9.17) is 5.11 Å². The van der Waals surface area contributed by atoms with Crippen molar-refractivity contribution in [1.29, 1.82) is 0 Å². The predicted molar refractivity (Wildman–Crippen MR) is 48.1 cm³/mol. The van der Waals surface area contributed by atoms with Crippen LogP contribution in [0.3, 0.4) is 0 Å². The molecule has 0 radical (unpaired) electrons. The van der Waals surface area contributed by atoms with Crippen LogP contribution in [-0.2, 0) is 0 Å². The molecule has 5 heteroatoms. The maximum Gasteiger partial charge on any atom is 0.367 e. The minimum Gasteiger partial charge on any atom is -0.476 e. The normalized spacial score (nSPS) is 17.8. The van der Waals surface area contributed by atoms with Gasteiger partial charge in [-0.2, -0.15) is 0 Å². The van der Waals surface area contributed by atoms with Gasteiger partial charge in [0.15, 0.2) is 0 Å². The summed E-state index contributed by atoms with van der Waals surface area (Å²) < 4.78 is 0. The molecule has 0 atom stereocenters. The lowest BCUT2D eigenvalue weighted by Gasteiger charge is -2.00. The number of aromatic carboxylic acids is 1. The van der Waals surface area contributed by atoms with Crippen LogP contribution in [0.25, 0.3) is 0 Å². The Bertz CT molecular complexity index is 318. The average molecular weight is 198 g/mol. The third-order valence-corrected chi connectivity index (χ3v) is 3.40. The zero-order chi connectivity index (χ0) is 9.26. The Balaban J connectivity index is 2.16. The van der Waals surface area contributed by atoms with Crippen LogP contribution >= 0.6 is 11.3 Å². The zero-order valence-corrected chi connectivity index (χ0v) is 7.88. The van der Waals surface area contributed by atoms with E-state index >= 15 is 0 Å². The fourth-order valence-electron chi connectivity index (χ4n) is 1.66. The van der Waals surface area contributed by atoms with Gasteiger partial charge in [-0.25, -0.2) is 4.79 Å². The van der Waals surface area contributed by atoms with Crippen LogP contribution in [0.1, 0.15) is 46.4 Å². The lowest BCUT2D eigenvalue weighted by molar-refractivity contribution is 0.0695. The lowest BCUT2D eigenvalue weighted by atomic mass is 10.1. The Morgan fingerprint density at radius 1 is 1.38 bits per heavy atom. The molecule has 1 aromatic heterocycles. The first-order chi connectivity index (χ1) is 6.27. The topological polar surface area (TPSA) is 63.1 Å². The molecule has 0 spiro atoms. The van der Waals surface area contributed by atoms with Crippen molar-refractivity contribution >= 4 is 17.3 Å². The van der Waals surface area contributed by atoms with Crippen molar-refractivity contribution in [3.05, 3.63) is 10.0 Å². The Morgan fingerprint density at radius 2 is 2.08 bits per heavy atom. The molecular weight excluding hydrogens is 188 g/mol. The van der Waals surface area contributed by atoms with Crippen LogP contribution < -0.4 is 0 Å². The predicted octanol–water partition coefficient (Wildman–Crippen LogP) is 1.89. The van der Waals surface area contributed by atoms with Gasteiger partial charge in [-0.1, -0.05) is 24.2 Å². The van der Waals surface area contributed by atoms with Gasteiger partial charge in [0.2, 0.25) is 5.01 Å². The van der Waals surface area contributed by atoms with E-state index in [2.05, 4.69) is 10.2 Å². The van der Waals surface area contributed by atoms with E-state index in [9.17, 15) is 4.79 Å². The van der Waals surface area contributed by atoms with E-state index in [-0.39, 0.29) is 5.01 Å². The fourth-order valence-corrected chi connectivity index (χ4v) is 2.51. The lowest BCUT2D eigenvalue weighted by Crippen LogP contribution is -1.93. The molecule has 0 amide bonds. The van der Waals surface area contributed by atoms with Gasteiger partial charge in [0.05, 0.1) is 0 Å². The van der Waals surface area contributed by atoms with Crippen LogP contribution in [0, 0.1) is 0 Å². The first-order valence-electron chi connectivity index (χ1n) is 4.34. The second-order valence-electron chi connectivity index (χ2n) is 3.23. The third kappa shape index (κ3) is 1.70. The standard InChI is InChI=1S/C8H10N2O2S/c11-8(12)7-10-9-6(13-7)5-3-1-2-4-5/h5H,1-4H2,(H,11,12). The highest BCUT2D eigenvalue weighted by atomic mass is 32.1. The molecule has 1 fully saturated rings. The van der Waals surface area contributed by atoms with E-state index in [0.29, 0.717) is 5.92 Å². The van der Waals surface area contributed by atoms with Gasteiger partial charge < -0.3 is 5.11 Å². The summed E-state index contributed by atoms with van der Waals surface area (Å²) in [5.74, 6) is -0.507. The van der Waals surface area contributed by atoms with E-state index < -0.39 is 5.97 Å². The van der Waals surface area contributed by atoms with Crippen molar-refractivity contribution in [2.24, 2.45) is 0 Å². The second kappa shape index (κ2) is 3.41. The van der Waals surface area contributed by atoms with Crippen molar-refractivity contribution < 1.29 is 9.90 Å². The molecule has 1 N–H and O–H groups in total. The maximum atomic E-state index is 10.5. The fraction of sp³-hybridized carbons (Fsp3) is 0.625. The molecule has 0 aromatic carbocycles. The second-order valence-corrected chi connectivity index (χ2v) is 4.24. The molecule has 1 saturated carbocycles. The quantitative estimate of drug-likeness (QED) is 0.788. The average Bonchev–Trinajstić information content (AvgIpc) is 2.75. The molecule has 0 saturated heterocycles. The van der Waals surface area contributed by atoms with Crippen LogP contribution in [0.15, 0.2) is 0 Å². The first kappa shape index (κ1) is 8.62. The van der Waals surface area contributed by atoms with Crippen molar-refractivity contribution in [3.63, 3.8) is 0 Å². The number of carboxylic acids is 1. The molecule has 1 aliphatic rings. The third-order valence-electron chi connectivity index (χ3n) is 2.33. The van der Waals surface area contributed by atoms with Crippen LogP contribution in [-0.4, -0.2) is 21.3 Å². The highest BCUT2D eigenvalue weighted by Crippen LogP contribution is 2.35. The molecule has 1 heterocycles. The van der Waals surface area contributed by atoms with Crippen molar-refractivity contribution in [1.82, 2.24) is 10.2 Å². The zero-order valence-electron chi connectivity index (χ0n) is 7.06. The van der Waals surface area contributed by atoms with E-state index in [1.165, 1.54) is 24.2 Å². The highest BCUT2D eigenvalue weighted by Gasteiger charge is 2.22. The van der Waals surface area contributed by atoms with Gasteiger partial charge in [0.1, 0.15) is 5.01 Å². The monoisotopic (exact) mass is 198 g/mol. The molecule has 0 unspecified atom stereocenters. The van der Waals surface area contributed by atoms with Gasteiger partial charge in [-0.3, -0.25) is 0 Å². The molecule has 70 valence electrons. The summed E-state index contributed by atoms with van der Waals surface area (Å²) in [6.45, 7) is 0. The summed E-state index contributed by atoms with van der Waals surface area (Å²) in [6, 6.07) is 0. The van der Waals surface area contributed by atoms with Crippen molar-refractivity contribution in [2.75, 3.05) is 0 Å². The minimum absolute atomic E-state index is 0.113.